The number of anilines is 1. The van der Waals surface area contributed by atoms with Gasteiger partial charge in [0.2, 0.25) is 5.91 Å². The summed E-state index contributed by atoms with van der Waals surface area (Å²) >= 11 is 3.56. The van der Waals surface area contributed by atoms with Crippen molar-refractivity contribution >= 4 is 33.6 Å². The van der Waals surface area contributed by atoms with Crippen LogP contribution in [0.25, 0.3) is 11.3 Å². The van der Waals surface area contributed by atoms with Crippen molar-refractivity contribution in [1.29, 1.82) is 0 Å². The van der Waals surface area contributed by atoms with Crippen molar-refractivity contribution in [2.75, 3.05) is 5.32 Å². The maximum absolute atomic E-state index is 13.6. The van der Waals surface area contributed by atoms with Gasteiger partial charge < -0.3 is 19.9 Å². The number of ether oxygens (including phenoxy) is 1. The van der Waals surface area contributed by atoms with E-state index in [1.807, 2.05) is 41.9 Å². The van der Waals surface area contributed by atoms with Crippen molar-refractivity contribution in [1.82, 2.24) is 14.9 Å². The fourth-order valence-electron chi connectivity index (χ4n) is 4.52. The zero-order valence-corrected chi connectivity index (χ0v) is 22.1. The standard InChI is InChI=1S/C27H31BrN4O3/c1-27(2,3)35-26(34)31-24(21-7-5-6-17-8-11-19(28)14-22(17)21)25(33)30-20-12-9-18(10-13-20)23-15-29-16-32(23)4/h8-16,21,24H,5-7H2,1-4H3,(H,30,33)(H,31,34)/t21-,24+/m1/s1. The summed E-state index contributed by atoms with van der Waals surface area (Å²) in [6.07, 6.45) is 5.63. The highest BCUT2D eigenvalue weighted by atomic mass is 79.9. The van der Waals surface area contributed by atoms with Gasteiger partial charge in [0.15, 0.2) is 0 Å². The number of hydrogen-bond acceptors (Lipinski definition) is 4. The molecule has 2 aromatic carbocycles. The maximum Gasteiger partial charge on any atom is 0.408 e. The molecule has 1 heterocycles. The van der Waals surface area contributed by atoms with Crippen molar-refractivity contribution in [2.24, 2.45) is 7.05 Å². The summed E-state index contributed by atoms with van der Waals surface area (Å²) < 4.78 is 8.38. The molecule has 4 rings (SSSR count). The molecule has 1 aromatic heterocycles. The zero-order chi connectivity index (χ0) is 25.2. The van der Waals surface area contributed by atoms with Crippen LogP contribution in [-0.2, 0) is 23.0 Å². The molecule has 1 aliphatic carbocycles. The Morgan fingerprint density at radius 2 is 1.91 bits per heavy atom. The number of carbonyl (C=O) groups excluding carboxylic acids is 2. The molecule has 184 valence electrons. The second-order valence-electron chi connectivity index (χ2n) is 9.92. The monoisotopic (exact) mass is 538 g/mol. The van der Waals surface area contributed by atoms with Crippen molar-refractivity contribution in [2.45, 2.75) is 57.6 Å². The molecule has 0 fully saturated rings. The molecule has 1 aliphatic rings. The minimum Gasteiger partial charge on any atom is -0.444 e. The van der Waals surface area contributed by atoms with E-state index in [1.54, 1.807) is 33.3 Å². The number of imidazole rings is 1. The fraction of sp³-hybridized carbons (Fsp3) is 0.370. The molecule has 0 radical (unpaired) electrons. The predicted octanol–water partition coefficient (Wildman–Crippen LogP) is 5.80. The minimum atomic E-state index is -0.782. The van der Waals surface area contributed by atoms with Crippen molar-refractivity contribution in [3.63, 3.8) is 0 Å². The van der Waals surface area contributed by atoms with Crippen LogP contribution in [0.2, 0.25) is 0 Å². The van der Waals surface area contributed by atoms with Crippen LogP contribution in [0.1, 0.15) is 50.7 Å². The number of carbonyl (C=O) groups is 2. The molecule has 35 heavy (non-hydrogen) atoms. The first-order valence-corrected chi connectivity index (χ1v) is 12.6. The third kappa shape index (κ3) is 6.11. The molecule has 2 amide bonds. The Balaban J connectivity index is 1.59. The fourth-order valence-corrected chi connectivity index (χ4v) is 4.89. The lowest BCUT2D eigenvalue weighted by Gasteiger charge is -2.33. The van der Waals surface area contributed by atoms with Crippen molar-refractivity contribution in [3.8, 4) is 11.3 Å². The normalized spacial score (nSPS) is 16.2. The molecule has 7 nitrogen and oxygen atoms in total. The number of aromatic nitrogens is 2. The Hall–Kier alpha value is -3.13. The van der Waals surface area contributed by atoms with E-state index in [9.17, 15) is 9.59 Å². The number of benzene rings is 2. The van der Waals surface area contributed by atoms with Gasteiger partial charge in [-0.25, -0.2) is 9.78 Å². The second kappa shape index (κ2) is 10.2. The quantitative estimate of drug-likeness (QED) is 0.429. The highest BCUT2D eigenvalue weighted by Gasteiger charge is 2.35. The molecule has 3 aromatic rings. The lowest BCUT2D eigenvalue weighted by Crippen LogP contribution is -2.49. The number of halogens is 1. The summed E-state index contributed by atoms with van der Waals surface area (Å²) in [4.78, 5) is 30.5. The van der Waals surface area contributed by atoms with Crippen molar-refractivity contribution in [3.05, 3.63) is 70.6 Å². The number of aryl methyl sites for hydroxylation is 2. The number of fused-ring (bicyclic) bond motifs is 1. The number of alkyl carbamates (subject to hydrolysis) is 1. The number of nitrogens with one attached hydrogen (secondary N) is 2. The molecule has 0 saturated heterocycles. The van der Waals surface area contributed by atoms with Crippen LogP contribution in [0.3, 0.4) is 0 Å². The van der Waals surface area contributed by atoms with Crippen LogP contribution in [0.15, 0.2) is 59.5 Å². The number of rotatable bonds is 5. The predicted molar refractivity (Wildman–Crippen MR) is 140 cm³/mol. The Kier molecular flexibility index (Phi) is 7.31. The Morgan fingerprint density at radius 1 is 1.17 bits per heavy atom. The van der Waals surface area contributed by atoms with Gasteiger partial charge in [-0.1, -0.05) is 34.1 Å². The van der Waals surface area contributed by atoms with Crippen LogP contribution in [0, 0.1) is 0 Å². The first-order valence-electron chi connectivity index (χ1n) is 11.8. The molecule has 8 heteroatoms. The average molecular weight is 539 g/mol. The summed E-state index contributed by atoms with van der Waals surface area (Å²) in [5.41, 5.74) is 4.25. The van der Waals surface area contributed by atoms with Gasteiger partial charge in [-0.15, -0.1) is 0 Å². The Bertz CT molecular complexity index is 1210. The van der Waals surface area contributed by atoms with Gasteiger partial charge in [0.25, 0.3) is 0 Å². The zero-order valence-electron chi connectivity index (χ0n) is 20.5. The minimum absolute atomic E-state index is 0.169. The van der Waals surface area contributed by atoms with Gasteiger partial charge in [-0.05, 0) is 81.0 Å². The number of nitrogens with zero attached hydrogens (tertiary/aromatic N) is 2. The Labute approximate surface area is 214 Å². The van der Waals surface area contributed by atoms with Gasteiger partial charge in [0.05, 0.1) is 18.2 Å². The van der Waals surface area contributed by atoms with E-state index >= 15 is 0 Å². The van der Waals surface area contributed by atoms with E-state index in [0.29, 0.717) is 5.69 Å². The van der Waals surface area contributed by atoms with Crippen LogP contribution < -0.4 is 10.6 Å². The maximum atomic E-state index is 13.6. The highest BCUT2D eigenvalue weighted by molar-refractivity contribution is 9.10. The van der Waals surface area contributed by atoms with Crippen molar-refractivity contribution < 1.29 is 14.3 Å². The smallest absolute Gasteiger partial charge is 0.408 e. The topological polar surface area (TPSA) is 85.3 Å². The van der Waals surface area contributed by atoms with Gasteiger partial charge in [0, 0.05) is 23.1 Å². The summed E-state index contributed by atoms with van der Waals surface area (Å²) in [7, 11) is 1.94. The van der Waals surface area contributed by atoms with Gasteiger partial charge in [-0.2, -0.15) is 0 Å². The Morgan fingerprint density at radius 3 is 2.57 bits per heavy atom. The molecule has 0 aliphatic heterocycles. The lowest BCUT2D eigenvalue weighted by atomic mass is 9.78. The van der Waals surface area contributed by atoms with E-state index in [0.717, 1.165) is 40.6 Å². The van der Waals surface area contributed by atoms with Crippen LogP contribution >= 0.6 is 15.9 Å². The summed E-state index contributed by atoms with van der Waals surface area (Å²) in [6.45, 7) is 5.41. The van der Waals surface area contributed by atoms with E-state index in [4.69, 9.17) is 4.74 Å². The van der Waals surface area contributed by atoms with E-state index in [2.05, 4.69) is 43.7 Å². The lowest BCUT2D eigenvalue weighted by molar-refractivity contribution is -0.118. The van der Waals surface area contributed by atoms with Gasteiger partial charge in [-0.3, -0.25) is 4.79 Å². The first kappa shape index (κ1) is 25.0. The molecule has 2 atom stereocenters. The van der Waals surface area contributed by atoms with E-state index < -0.39 is 17.7 Å². The summed E-state index contributed by atoms with van der Waals surface area (Å²) in [6, 6.07) is 13.0. The summed E-state index contributed by atoms with van der Waals surface area (Å²) in [5.74, 6) is -0.445. The molecule has 0 spiro atoms. The average Bonchev–Trinajstić information content (AvgIpc) is 3.22. The van der Waals surface area contributed by atoms with Gasteiger partial charge >= 0.3 is 6.09 Å². The second-order valence-corrected chi connectivity index (χ2v) is 10.8. The van der Waals surface area contributed by atoms with E-state index in [-0.39, 0.29) is 11.8 Å². The number of hydrogen-bond donors (Lipinski definition) is 2. The molecular formula is C27H31BrN4O3. The number of amides is 2. The third-order valence-corrected chi connectivity index (χ3v) is 6.58. The molecule has 0 unspecified atom stereocenters. The van der Waals surface area contributed by atoms with Gasteiger partial charge in [0.1, 0.15) is 11.6 Å². The summed E-state index contributed by atoms with van der Waals surface area (Å²) in [5, 5.41) is 5.86. The molecule has 0 saturated carbocycles. The highest BCUT2D eigenvalue weighted by Crippen LogP contribution is 2.36. The molecular weight excluding hydrogens is 508 g/mol. The molecule has 2 N–H and O–H groups in total. The first-order chi connectivity index (χ1) is 16.6. The third-order valence-electron chi connectivity index (χ3n) is 6.09. The van der Waals surface area contributed by atoms with Crippen LogP contribution in [0.4, 0.5) is 10.5 Å². The molecule has 0 bridgehead atoms. The van der Waals surface area contributed by atoms with Crippen LogP contribution in [-0.4, -0.2) is 33.2 Å². The SMILES string of the molecule is Cn1cncc1-c1ccc(NC(=O)[C@@H](NC(=O)OC(C)(C)C)[C@@H]2CCCc3ccc(Br)cc32)cc1. The van der Waals surface area contributed by atoms with E-state index in [1.165, 1.54) is 5.56 Å². The van der Waals surface area contributed by atoms with Crippen LogP contribution in [0.5, 0.6) is 0 Å². The largest absolute Gasteiger partial charge is 0.444 e.